The number of aromatic nitrogens is 2. The van der Waals surface area contributed by atoms with Crippen LogP contribution in [0.5, 0.6) is 0 Å². The Morgan fingerprint density at radius 1 is 1.17 bits per heavy atom. The summed E-state index contributed by atoms with van der Waals surface area (Å²) in [5.74, 6) is 0. The van der Waals surface area contributed by atoms with Crippen LogP contribution in [-0.2, 0) is 0 Å². The molecule has 1 aromatic heterocycles. The zero-order valence-corrected chi connectivity index (χ0v) is 11.6. The van der Waals surface area contributed by atoms with Gasteiger partial charge in [0.15, 0.2) is 0 Å². The maximum Gasteiger partial charge on any atom is 0.0934 e. The Morgan fingerprint density at radius 2 is 1.89 bits per heavy atom. The minimum atomic E-state index is 0.141. The van der Waals surface area contributed by atoms with Crippen molar-refractivity contribution in [3.8, 4) is 0 Å². The summed E-state index contributed by atoms with van der Waals surface area (Å²) in [5, 5.41) is 3.56. The van der Waals surface area contributed by atoms with Gasteiger partial charge in [-0.25, -0.2) is 0 Å². The molecule has 96 valence electrons. The fourth-order valence-electron chi connectivity index (χ4n) is 2.33. The van der Waals surface area contributed by atoms with Crippen LogP contribution in [0.1, 0.15) is 39.3 Å². The first-order valence-electron chi connectivity index (χ1n) is 6.47. The van der Waals surface area contributed by atoms with Gasteiger partial charge in [0.1, 0.15) is 0 Å². The molecule has 0 saturated heterocycles. The molecule has 0 aliphatic rings. The molecule has 1 heterocycles. The highest BCUT2D eigenvalue weighted by Gasteiger charge is 2.27. The predicted octanol–water partition coefficient (Wildman–Crippen LogP) is 3.33. The van der Waals surface area contributed by atoms with Gasteiger partial charge in [0.25, 0.3) is 0 Å². The van der Waals surface area contributed by atoms with Crippen molar-refractivity contribution in [3.05, 3.63) is 36.2 Å². The molecule has 18 heavy (non-hydrogen) atoms. The number of hydrogen-bond acceptors (Lipinski definition) is 3. The molecular weight excluding hydrogens is 222 g/mol. The lowest BCUT2D eigenvalue weighted by Gasteiger charge is -2.32. The molecular formula is C15H21N3. The van der Waals surface area contributed by atoms with Crippen LogP contribution >= 0.6 is 0 Å². The molecule has 2 rings (SSSR count). The van der Waals surface area contributed by atoms with Crippen molar-refractivity contribution < 1.29 is 0 Å². The molecule has 0 aliphatic carbocycles. The van der Waals surface area contributed by atoms with Crippen molar-refractivity contribution in [2.75, 3.05) is 6.54 Å². The minimum absolute atomic E-state index is 0.141. The van der Waals surface area contributed by atoms with E-state index in [0.717, 1.165) is 17.6 Å². The van der Waals surface area contributed by atoms with Crippen molar-refractivity contribution >= 4 is 11.0 Å². The molecule has 0 aliphatic heterocycles. The van der Waals surface area contributed by atoms with E-state index >= 15 is 0 Å². The van der Waals surface area contributed by atoms with Gasteiger partial charge in [0.05, 0.1) is 11.0 Å². The van der Waals surface area contributed by atoms with Gasteiger partial charge in [-0.15, -0.1) is 0 Å². The largest absolute Gasteiger partial charge is 0.310 e. The summed E-state index contributed by atoms with van der Waals surface area (Å²) in [7, 11) is 0. The van der Waals surface area contributed by atoms with Crippen LogP contribution in [0.4, 0.5) is 0 Å². The van der Waals surface area contributed by atoms with Crippen LogP contribution in [0.3, 0.4) is 0 Å². The first kappa shape index (κ1) is 13.0. The van der Waals surface area contributed by atoms with Crippen LogP contribution in [0.2, 0.25) is 0 Å². The molecule has 0 saturated carbocycles. The summed E-state index contributed by atoms with van der Waals surface area (Å²) in [5.41, 5.74) is 3.33. The number of rotatable bonds is 3. The normalized spacial score (nSPS) is 13.8. The first-order valence-corrected chi connectivity index (χ1v) is 6.47. The van der Waals surface area contributed by atoms with E-state index in [-0.39, 0.29) is 11.5 Å². The molecule has 0 bridgehead atoms. The molecule has 0 spiro atoms. The number of nitrogens with one attached hydrogen (secondary N) is 1. The molecule has 3 heteroatoms. The topological polar surface area (TPSA) is 37.8 Å². The van der Waals surface area contributed by atoms with E-state index in [0.29, 0.717) is 0 Å². The summed E-state index contributed by atoms with van der Waals surface area (Å²) >= 11 is 0. The Kier molecular flexibility index (Phi) is 3.62. The number of nitrogens with zero attached hydrogens (tertiary/aromatic N) is 2. The lowest BCUT2D eigenvalue weighted by molar-refractivity contribution is 0.278. The number of fused-ring (bicyclic) bond motifs is 1. The molecule has 2 aromatic rings. The van der Waals surface area contributed by atoms with Crippen molar-refractivity contribution in [1.29, 1.82) is 0 Å². The van der Waals surface area contributed by atoms with Crippen LogP contribution < -0.4 is 5.32 Å². The summed E-state index contributed by atoms with van der Waals surface area (Å²) in [6, 6.07) is 6.50. The third-order valence-corrected chi connectivity index (χ3v) is 3.12. The molecule has 1 atom stereocenters. The Bertz CT molecular complexity index is 523. The first-order chi connectivity index (χ1) is 8.54. The SMILES string of the molecule is CCNC(c1cccc2nccnc12)C(C)(C)C. The molecule has 1 aromatic carbocycles. The Labute approximate surface area is 109 Å². The maximum absolute atomic E-state index is 4.50. The number of hydrogen-bond donors (Lipinski definition) is 1. The summed E-state index contributed by atoms with van der Waals surface area (Å²) in [6.45, 7) is 9.81. The van der Waals surface area contributed by atoms with Crippen molar-refractivity contribution in [2.24, 2.45) is 5.41 Å². The predicted molar refractivity (Wildman–Crippen MR) is 75.4 cm³/mol. The Hall–Kier alpha value is -1.48. The second-order valence-electron chi connectivity index (χ2n) is 5.63. The van der Waals surface area contributed by atoms with E-state index in [4.69, 9.17) is 0 Å². The number of para-hydroxylation sites is 1. The minimum Gasteiger partial charge on any atom is -0.310 e. The van der Waals surface area contributed by atoms with E-state index in [1.54, 1.807) is 12.4 Å². The second kappa shape index (κ2) is 5.02. The fourth-order valence-corrected chi connectivity index (χ4v) is 2.33. The van der Waals surface area contributed by atoms with Crippen molar-refractivity contribution in [2.45, 2.75) is 33.7 Å². The Morgan fingerprint density at radius 3 is 2.56 bits per heavy atom. The van der Waals surface area contributed by atoms with E-state index in [9.17, 15) is 0 Å². The molecule has 0 fully saturated rings. The van der Waals surface area contributed by atoms with Gasteiger partial charge >= 0.3 is 0 Å². The van der Waals surface area contributed by atoms with Gasteiger partial charge < -0.3 is 5.32 Å². The molecule has 0 amide bonds. The average molecular weight is 243 g/mol. The molecule has 0 radical (unpaired) electrons. The van der Waals surface area contributed by atoms with Gasteiger partial charge in [0, 0.05) is 18.4 Å². The highest BCUT2D eigenvalue weighted by Crippen LogP contribution is 2.35. The van der Waals surface area contributed by atoms with Gasteiger partial charge in [0.2, 0.25) is 0 Å². The smallest absolute Gasteiger partial charge is 0.0934 e. The summed E-state index contributed by atoms with van der Waals surface area (Å²) in [4.78, 5) is 8.87. The fraction of sp³-hybridized carbons (Fsp3) is 0.467. The second-order valence-corrected chi connectivity index (χ2v) is 5.63. The lowest BCUT2D eigenvalue weighted by Crippen LogP contribution is -2.32. The molecule has 3 nitrogen and oxygen atoms in total. The van der Waals surface area contributed by atoms with Gasteiger partial charge in [-0.05, 0) is 23.6 Å². The monoisotopic (exact) mass is 243 g/mol. The summed E-state index contributed by atoms with van der Waals surface area (Å²) < 4.78 is 0. The average Bonchev–Trinajstić information content (AvgIpc) is 2.34. The lowest BCUT2D eigenvalue weighted by atomic mass is 9.82. The molecule has 1 N–H and O–H groups in total. The molecule has 1 unspecified atom stereocenters. The zero-order chi connectivity index (χ0) is 13.2. The standard InChI is InChI=1S/C15H21N3/c1-5-16-14(15(2,3)4)11-7-6-8-12-13(11)18-10-9-17-12/h6-10,14,16H,5H2,1-4H3. The number of benzene rings is 1. The van der Waals surface area contributed by atoms with E-state index in [2.05, 4.69) is 55.1 Å². The zero-order valence-electron chi connectivity index (χ0n) is 11.6. The maximum atomic E-state index is 4.50. The van der Waals surface area contributed by atoms with Gasteiger partial charge in [-0.3, -0.25) is 9.97 Å². The van der Waals surface area contributed by atoms with Gasteiger partial charge in [-0.2, -0.15) is 0 Å². The van der Waals surface area contributed by atoms with E-state index in [1.165, 1.54) is 5.56 Å². The van der Waals surface area contributed by atoms with Crippen LogP contribution in [0.15, 0.2) is 30.6 Å². The van der Waals surface area contributed by atoms with Gasteiger partial charge in [-0.1, -0.05) is 39.8 Å². The van der Waals surface area contributed by atoms with Crippen LogP contribution in [-0.4, -0.2) is 16.5 Å². The Balaban J connectivity index is 2.57. The van der Waals surface area contributed by atoms with Crippen molar-refractivity contribution in [1.82, 2.24) is 15.3 Å². The highest BCUT2D eigenvalue weighted by molar-refractivity contribution is 5.78. The summed E-state index contributed by atoms with van der Waals surface area (Å²) in [6.07, 6.45) is 3.50. The third-order valence-electron chi connectivity index (χ3n) is 3.12. The van der Waals surface area contributed by atoms with Crippen LogP contribution in [0, 0.1) is 5.41 Å². The quantitative estimate of drug-likeness (QED) is 0.898. The highest BCUT2D eigenvalue weighted by atomic mass is 14.9. The van der Waals surface area contributed by atoms with E-state index in [1.807, 2.05) is 6.07 Å². The van der Waals surface area contributed by atoms with E-state index < -0.39 is 0 Å². The third kappa shape index (κ3) is 2.51. The van der Waals surface area contributed by atoms with Crippen molar-refractivity contribution in [3.63, 3.8) is 0 Å². The van der Waals surface area contributed by atoms with Crippen LogP contribution in [0.25, 0.3) is 11.0 Å².